The summed E-state index contributed by atoms with van der Waals surface area (Å²) in [6.07, 6.45) is 5.50. The fraction of sp³-hybridized carbons (Fsp3) is 0.737. The van der Waals surface area contributed by atoms with E-state index in [1.807, 2.05) is 13.0 Å². The molecule has 0 aromatic carbocycles. The van der Waals surface area contributed by atoms with E-state index < -0.39 is 11.7 Å². The highest BCUT2D eigenvalue weighted by atomic mass is 16.6. The van der Waals surface area contributed by atoms with E-state index in [2.05, 4.69) is 13.8 Å². The molecule has 7 atom stereocenters. The predicted molar refractivity (Wildman–Crippen MR) is 87.2 cm³/mol. The lowest BCUT2D eigenvalue weighted by molar-refractivity contribution is -0.216. The molecular weight excluding hydrogens is 308 g/mol. The molecule has 0 aromatic rings. The van der Waals surface area contributed by atoms with Gasteiger partial charge in [-0.3, -0.25) is 0 Å². The van der Waals surface area contributed by atoms with Crippen LogP contribution in [0.15, 0.2) is 23.8 Å². The molecule has 2 aliphatic carbocycles. The van der Waals surface area contributed by atoms with E-state index in [4.69, 9.17) is 14.2 Å². The quantitative estimate of drug-likeness (QED) is 0.363. The molecule has 0 amide bonds. The van der Waals surface area contributed by atoms with E-state index in [1.165, 1.54) is 6.08 Å². The topological polar surface area (TPSA) is 68.3 Å². The summed E-state index contributed by atoms with van der Waals surface area (Å²) in [4.78, 5) is 12.1. The minimum atomic E-state index is -0.494. The molecule has 2 aliphatic heterocycles. The zero-order valence-electron chi connectivity index (χ0n) is 14.7. The maximum atomic E-state index is 12.1. The molecule has 4 aliphatic rings. The maximum absolute atomic E-state index is 12.1. The van der Waals surface area contributed by atoms with Crippen LogP contribution in [0.4, 0.5) is 0 Å². The summed E-state index contributed by atoms with van der Waals surface area (Å²) in [6, 6.07) is 0. The van der Waals surface area contributed by atoms with Crippen LogP contribution in [-0.4, -0.2) is 47.7 Å². The van der Waals surface area contributed by atoms with Crippen LogP contribution in [0.5, 0.6) is 0 Å². The Morgan fingerprint density at radius 3 is 2.79 bits per heavy atom. The van der Waals surface area contributed by atoms with E-state index in [0.717, 1.165) is 5.57 Å². The third kappa shape index (κ3) is 1.78. The van der Waals surface area contributed by atoms with E-state index >= 15 is 0 Å². The summed E-state index contributed by atoms with van der Waals surface area (Å²) in [5.74, 6) is -0.324. The van der Waals surface area contributed by atoms with Gasteiger partial charge in [-0.15, -0.1) is 0 Å². The van der Waals surface area contributed by atoms with Crippen molar-refractivity contribution in [1.82, 2.24) is 0 Å². The normalized spacial score (nSPS) is 52.3. The lowest BCUT2D eigenvalue weighted by Crippen LogP contribution is -2.65. The van der Waals surface area contributed by atoms with Crippen molar-refractivity contribution in [1.29, 1.82) is 0 Å². The summed E-state index contributed by atoms with van der Waals surface area (Å²) in [7, 11) is 0. The minimum Gasteiger partial charge on any atom is -0.458 e. The van der Waals surface area contributed by atoms with E-state index in [9.17, 15) is 9.90 Å². The highest BCUT2D eigenvalue weighted by Crippen LogP contribution is 2.71. The molecule has 7 unspecified atom stereocenters. The predicted octanol–water partition coefficient (Wildman–Crippen LogP) is 2.14. The number of rotatable bonds is 2. The highest BCUT2D eigenvalue weighted by molar-refractivity contribution is 5.82. The average Bonchev–Trinajstić information content (AvgIpc) is 3.27. The molecule has 24 heavy (non-hydrogen) atoms. The second-order valence-corrected chi connectivity index (χ2v) is 8.14. The van der Waals surface area contributed by atoms with E-state index in [0.29, 0.717) is 19.4 Å². The number of carbonyl (C=O) groups excluding carboxylic acids is 1. The van der Waals surface area contributed by atoms with Gasteiger partial charge in [-0.25, -0.2) is 4.79 Å². The molecular formula is C19H26O5. The Kier molecular flexibility index (Phi) is 3.35. The monoisotopic (exact) mass is 334 g/mol. The van der Waals surface area contributed by atoms with Gasteiger partial charge in [0.2, 0.25) is 0 Å². The van der Waals surface area contributed by atoms with Crippen molar-refractivity contribution >= 4 is 5.97 Å². The number of aliphatic hydroxyl groups is 1. The van der Waals surface area contributed by atoms with Crippen molar-refractivity contribution in [2.24, 2.45) is 10.8 Å². The van der Waals surface area contributed by atoms with Crippen LogP contribution in [0.2, 0.25) is 0 Å². The zero-order chi connectivity index (χ0) is 17.3. The third-order valence-corrected chi connectivity index (χ3v) is 7.17. The van der Waals surface area contributed by atoms with Crippen molar-refractivity contribution in [2.45, 2.75) is 70.6 Å². The maximum Gasteiger partial charge on any atom is 0.330 e. The first-order chi connectivity index (χ1) is 11.3. The summed E-state index contributed by atoms with van der Waals surface area (Å²) in [5.41, 5.74) is -0.173. The first kappa shape index (κ1) is 16.3. The van der Waals surface area contributed by atoms with E-state index in [-0.39, 0.29) is 35.1 Å². The Bertz CT molecular complexity index is 634. The van der Waals surface area contributed by atoms with Crippen LogP contribution in [-0.2, 0) is 19.0 Å². The fourth-order valence-corrected chi connectivity index (χ4v) is 5.38. The fourth-order valence-electron chi connectivity index (χ4n) is 5.38. The number of allylic oxidation sites excluding steroid dienone is 1. The molecule has 2 saturated heterocycles. The van der Waals surface area contributed by atoms with Gasteiger partial charge in [0, 0.05) is 23.3 Å². The van der Waals surface area contributed by atoms with Gasteiger partial charge in [-0.2, -0.15) is 0 Å². The number of fused-ring (bicyclic) bond motifs is 2. The van der Waals surface area contributed by atoms with Gasteiger partial charge in [0.15, 0.2) is 0 Å². The number of hydrogen-bond donors (Lipinski definition) is 1. The Morgan fingerprint density at radius 1 is 1.46 bits per heavy atom. The number of hydrogen-bond acceptors (Lipinski definition) is 5. The van der Waals surface area contributed by atoms with Gasteiger partial charge < -0.3 is 19.3 Å². The Morgan fingerprint density at radius 2 is 2.17 bits per heavy atom. The Labute approximate surface area is 142 Å². The second-order valence-electron chi connectivity index (χ2n) is 8.14. The zero-order valence-corrected chi connectivity index (χ0v) is 14.7. The number of epoxide rings is 1. The molecule has 5 heteroatoms. The van der Waals surface area contributed by atoms with Gasteiger partial charge in [0.25, 0.3) is 0 Å². The minimum absolute atomic E-state index is 0.0664. The molecule has 132 valence electrons. The molecule has 2 bridgehead atoms. The number of esters is 1. The SMILES string of the molecule is CC=CC(=O)OC1CC2OC3C=C(C)C(O)CC3(C)C1(C)C21CO1. The van der Waals surface area contributed by atoms with Crippen molar-refractivity contribution in [2.75, 3.05) is 6.61 Å². The summed E-state index contributed by atoms with van der Waals surface area (Å²) < 4.78 is 18.2. The van der Waals surface area contributed by atoms with Crippen LogP contribution in [0, 0.1) is 10.8 Å². The number of aliphatic hydroxyl groups excluding tert-OH is 1. The van der Waals surface area contributed by atoms with Crippen molar-refractivity contribution < 1.29 is 24.1 Å². The molecule has 1 saturated carbocycles. The first-order valence-corrected chi connectivity index (χ1v) is 8.77. The Hall–Kier alpha value is -1.17. The lowest BCUT2D eigenvalue weighted by atomic mass is 9.51. The summed E-state index contributed by atoms with van der Waals surface area (Å²) >= 11 is 0. The van der Waals surface area contributed by atoms with Crippen molar-refractivity contribution in [3.8, 4) is 0 Å². The van der Waals surface area contributed by atoms with E-state index in [1.54, 1.807) is 13.0 Å². The van der Waals surface area contributed by atoms with Gasteiger partial charge in [-0.1, -0.05) is 26.0 Å². The molecule has 0 aromatic heterocycles. The molecule has 1 spiro atoms. The molecule has 2 heterocycles. The largest absolute Gasteiger partial charge is 0.458 e. The molecule has 1 N–H and O–H groups in total. The average molecular weight is 334 g/mol. The smallest absolute Gasteiger partial charge is 0.330 e. The molecule has 3 fully saturated rings. The molecule has 4 rings (SSSR count). The van der Waals surface area contributed by atoms with Crippen molar-refractivity contribution in [3.05, 3.63) is 23.8 Å². The third-order valence-electron chi connectivity index (χ3n) is 7.17. The number of carbonyl (C=O) groups is 1. The first-order valence-electron chi connectivity index (χ1n) is 8.77. The van der Waals surface area contributed by atoms with Gasteiger partial charge in [-0.05, 0) is 25.8 Å². The van der Waals surface area contributed by atoms with Gasteiger partial charge in [0.1, 0.15) is 11.7 Å². The summed E-state index contributed by atoms with van der Waals surface area (Å²) in [6.45, 7) is 8.68. The van der Waals surface area contributed by atoms with Crippen molar-refractivity contribution in [3.63, 3.8) is 0 Å². The highest BCUT2D eigenvalue weighted by Gasteiger charge is 2.81. The van der Waals surface area contributed by atoms with Crippen LogP contribution >= 0.6 is 0 Å². The second kappa shape index (κ2) is 4.93. The van der Waals surface area contributed by atoms with Crippen LogP contribution in [0.1, 0.15) is 40.5 Å². The van der Waals surface area contributed by atoms with Crippen LogP contribution in [0.3, 0.4) is 0 Å². The van der Waals surface area contributed by atoms with Gasteiger partial charge in [0.05, 0.1) is 24.9 Å². The van der Waals surface area contributed by atoms with Gasteiger partial charge >= 0.3 is 5.97 Å². The lowest BCUT2D eigenvalue weighted by Gasteiger charge is -2.58. The number of ether oxygens (including phenoxy) is 3. The Balaban J connectivity index is 1.76. The van der Waals surface area contributed by atoms with Crippen LogP contribution in [0.25, 0.3) is 0 Å². The summed E-state index contributed by atoms with van der Waals surface area (Å²) in [5, 5.41) is 10.5. The molecule has 5 nitrogen and oxygen atoms in total. The van der Waals surface area contributed by atoms with Crippen LogP contribution < -0.4 is 0 Å². The standard InChI is InChI=1S/C19H26O5/c1-5-6-16(21)24-14-8-15-19(10-22-19)18(14,4)17(3)9-12(20)11(2)7-13(17)23-15/h5-7,12-15,20H,8-10H2,1-4H3. The molecule has 0 radical (unpaired) electrons.